The molecule has 0 spiro atoms. The number of rotatable bonds is 4. The molecule has 5 heteroatoms. The maximum Gasteiger partial charge on any atom is 0.330 e. The zero-order valence-electron chi connectivity index (χ0n) is 8.24. The second-order valence-electron chi connectivity index (χ2n) is 2.81. The van der Waals surface area contributed by atoms with Gasteiger partial charge in [-0.05, 0) is 35.9 Å². The molecule has 1 heterocycles. The van der Waals surface area contributed by atoms with Gasteiger partial charge in [-0.1, -0.05) is 6.92 Å². The Kier molecular flexibility index (Phi) is 4.37. The highest BCUT2D eigenvalue weighted by molar-refractivity contribution is 14.1. The van der Waals surface area contributed by atoms with Gasteiger partial charge < -0.3 is 4.74 Å². The zero-order valence-corrected chi connectivity index (χ0v) is 10.4. The smallest absolute Gasteiger partial charge is 0.330 e. The third kappa shape index (κ3) is 2.70. The minimum Gasteiger partial charge on any atom is -0.464 e. The van der Waals surface area contributed by atoms with Gasteiger partial charge >= 0.3 is 5.97 Å². The first-order valence-corrected chi connectivity index (χ1v) is 5.63. The number of aromatic nitrogens is 2. The van der Waals surface area contributed by atoms with E-state index < -0.39 is 0 Å². The largest absolute Gasteiger partial charge is 0.464 e. The first-order valence-electron chi connectivity index (χ1n) is 4.55. The summed E-state index contributed by atoms with van der Waals surface area (Å²) in [4.78, 5) is 11.5. The Balaban J connectivity index is 2.76. The number of carbonyl (C=O) groups is 1. The molecule has 0 unspecified atom stereocenters. The first-order chi connectivity index (χ1) is 6.69. The molecule has 0 radical (unpaired) electrons. The van der Waals surface area contributed by atoms with E-state index in [9.17, 15) is 4.79 Å². The molecule has 0 amide bonds. The molecular formula is C9H13IN2O2. The molecule has 1 aromatic rings. The van der Waals surface area contributed by atoms with Crippen molar-refractivity contribution < 1.29 is 9.53 Å². The number of esters is 1. The lowest BCUT2D eigenvalue weighted by atomic mass is 10.2. The minimum absolute atomic E-state index is 0.213. The molecule has 1 rings (SSSR count). The van der Waals surface area contributed by atoms with E-state index in [-0.39, 0.29) is 12.0 Å². The van der Waals surface area contributed by atoms with Crippen molar-refractivity contribution >= 4 is 28.6 Å². The monoisotopic (exact) mass is 308 g/mol. The molecule has 4 nitrogen and oxygen atoms in total. The Morgan fingerprint density at radius 1 is 1.71 bits per heavy atom. The standard InChI is InChI=1S/C9H13IN2O2/c1-3-8(9(13)14-4-2)12-6-7(10)5-11-12/h5-6,8H,3-4H2,1-2H3/t8-/m0/s1. The quantitative estimate of drug-likeness (QED) is 0.631. The Morgan fingerprint density at radius 2 is 2.43 bits per heavy atom. The highest BCUT2D eigenvalue weighted by Gasteiger charge is 2.20. The van der Waals surface area contributed by atoms with Crippen LogP contribution in [0, 0.1) is 3.57 Å². The van der Waals surface area contributed by atoms with E-state index in [0.717, 1.165) is 3.57 Å². The summed E-state index contributed by atoms with van der Waals surface area (Å²) in [5.74, 6) is -0.213. The van der Waals surface area contributed by atoms with Crippen LogP contribution in [0.2, 0.25) is 0 Å². The van der Waals surface area contributed by atoms with Crippen molar-refractivity contribution in [1.29, 1.82) is 0 Å². The molecule has 1 atom stereocenters. The van der Waals surface area contributed by atoms with Crippen LogP contribution in [0.15, 0.2) is 12.4 Å². The number of ether oxygens (including phenoxy) is 1. The van der Waals surface area contributed by atoms with Gasteiger partial charge in [-0.15, -0.1) is 0 Å². The van der Waals surface area contributed by atoms with Crippen molar-refractivity contribution in [3.63, 3.8) is 0 Å². The van der Waals surface area contributed by atoms with Crippen LogP contribution in [-0.2, 0) is 9.53 Å². The van der Waals surface area contributed by atoms with E-state index >= 15 is 0 Å². The molecule has 14 heavy (non-hydrogen) atoms. The molecule has 1 aromatic heterocycles. The molecule has 0 aliphatic heterocycles. The van der Waals surface area contributed by atoms with E-state index in [4.69, 9.17) is 4.74 Å². The van der Waals surface area contributed by atoms with Gasteiger partial charge in [-0.3, -0.25) is 4.68 Å². The SMILES string of the molecule is CCOC(=O)[C@H](CC)n1cc(I)cn1. The minimum atomic E-state index is -0.293. The predicted molar refractivity (Wildman–Crippen MR) is 60.9 cm³/mol. The van der Waals surface area contributed by atoms with Crippen LogP contribution >= 0.6 is 22.6 Å². The molecule has 0 aliphatic rings. The molecule has 0 saturated heterocycles. The van der Waals surface area contributed by atoms with Crippen LogP contribution in [0.25, 0.3) is 0 Å². The average Bonchev–Trinajstić information content (AvgIpc) is 2.54. The lowest BCUT2D eigenvalue weighted by Crippen LogP contribution is -2.21. The fourth-order valence-corrected chi connectivity index (χ4v) is 1.60. The van der Waals surface area contributed by atoms with Crippen LogP contribution in [-0.4, -0.2) is 22.4 Å². The summed E-state index contributed by atoms with van der Waals surface area (Å²) in [7, 11) is 0. The van der Waals surface area contributed by atoms with Gasteiger partial charge in [-0.2, -0.15) is 5.10 Å². The topological polar surface area (TPSA) is 44.1 Å². The normalized spacial score (nSPS) is 12.5. The molecule has 0 aromatic carbocycles. The molecule has 0 aliphatic carbocycles. The van der Waals surface area contributed by atoms with E-state index in [2.05, 4.69) is 27.7 Å². The number of halogens is 1. The van der Waals surface area contributed by atoms with Crippen LogP contribution < -0.4 is 0 Å². The van der Waals surface area contributed by atoms with E-state index in [0.29, 0.717) is 13.0 Å². The van der Waals surface area contributed by atoms with Crippen molar-refractivity contribution in [3.05, 3.63) is 16.0 Å². The van der Waals surface area contributed by atoms with Gasteiger partial charge in [0.1, 0.15) is 6.04 Å². The van der Waals surface area contributed by atoms with Gasteiger partial charge in [0, 0.05) is 6.20 Å². The summed E-state index contributed by atoms with van der Waals surface area (Å²) in [5, 5.41) is 4.10. The highest BCUT2D eigenvalue weighted by Crippen LogP contribution is 2.14. The van der Waals surface area contributed by atoms with Crippen molar-refractivity contribution in [2.24, 2.45) is 0 Å². The zero-order chi connectivity index (χ0) is 10.6. The van der Waals surface area contributed by atoms with Crippen molar-refractivity contribution in [3.8, 4) is 0 Å². The molecule has 0 fully saturated rings. The lowest BCUT2D eigenvalue weighted by Gasteiger charge is -2.13. The molecule has 0 bridgehead atoms. The van der Waals surface area contributed by atoms with E-state index in [1.54, 1.807) is 17.8 Å². The summed E-state index contributed by atoms with van der Waals surface area (Å²) in [6, 6.07) is -0.293. The molecule has 78 valence electrons. The van der Waals surface area contributed by atoms with Gasteiger partial charge in [0.05, 0.1) is 16.4 Å². The van der Waals surface area contributed by atoms with Crippen molar-refractivity contribution in [2.75, 3.05) is 6.61 Å². The van der Waals surface area contributed by atoms with Crippen LogP contribution in [0.1, 0.15) is 26.3 Å². The Hall–Kier alpha value is -0.590. The summed E-state index contributed by atoms with van der Waals surface area (Å²) in [5.41, 5.74) is 0. The fourth-order valence-electron chi connectivity index (χ4n) is 1.19. The Labute approximate surface area is 96.8 Å². The summed E-state index contributed by atoms with van der Waals surface area (Å²) < 4.78 is 7.63. The van der Waals surface area contributed by atoms with Crippen LogP contribution in [0.4, 0.5) is 0 Å². The van der Waals surface area contributed by atoms with E-state index in [1.165, 1.54) is 0 Å². The fraction of sp³-hybridized carbons (Fsp3) is 0.556. The number of carbonyl (C=O) groups excluding carboxylic acids is 1. The summed E-state index contributed by atoms with van der Waals surface area (Å²) in [6.07, 6.45) is 4.25. The van der Waals surface area contributed by atoms with Gasteiger partial charge in [0.25, 0.3) is 0 Å². The number of hydrogen-bond acceptors (Lipinski definition) is 3. The number of nitrogens with zero attached hydrogens (tertiary/aromatic N) is 2. The third-order valence-electron chi connectivity index (χ3n) is 1.83. The van der Waals surface area contributed by atoms with Crippen molar-refractivity contribution in [2.45, 2.75) is 26.3 Å². The predicted octanol–water partition coefficient (Wildman–Crippen LogP) is 2.00. The highest BCUT2D eigenvalue weighted by atomic mass is 127. The van der Waals surface area contributed by atoms with Gasteiger partial charge in [0.15, 0.2) is 0 Å². The maximum absolute atomic E-state index is 11.5. The lowest BCUT2D eigenvalue weighted by molar-refractivity contribution is -0.147. The van der Waals surface area contributed by atoms with Crippen molar-refractivity contribution in [1.82, 2.24) is 9.78 Å². The Bertz CT molecular complexity index is 312. The van der Waals surface area contributed by atoms with Gasteiger partial charge in [0.2, 0.25) is 0 Å². The molecule has 0 N–H and O–H groups in total. The second-order valence-corrected chi connectivity index (χ2v) is 4.06. The third-order valence-corrected chi connectivity index (χ3v) is 2.39. The van der Waals surface area contributed by atoms with Crippen LogP contribution in [0.5, 0.6) is 0 Å². The Morgan fingerprint density at radius 3 is 2.86 bits per heavy atom. The summed E-state index contributed by atoms with van der Waals surface area (Å²) >= 11 is 2.16. The van der Waals surface area contributed by atoms with Crippen LogP contribution in [0.3, 0.4) is 0 Å². The summed E-state index contributed by atoms with van der Waals surface area (Å²) in [6.45, 7) is 4.15. The van der Waals surface area contributed by atoms with Gasteiger partial charge in [-0.25, -0.2) is 4.79 Å². The molecular weight excluding hydrogens is 295 g/mol. The maximum atomic E-state index is 11.5. The average molecular weight is 308 g/mol. The second kappa shape index (κ2) is 5.33. The first kappa shape index (κ1) is 11.5. The van der Waals surface area contributed by atoms with E-state index in [1.807, 2.05) is 13.1 Å². The molecule has 0 saturated carbocycles. The number of hydrogen-bond donors (Lipinski definition) is 0.